The molecule has 118 valence electrons. The van der Waals surface area contributed by atoms with Crippen molar-refractivity contribution >= 4 is 23.4 Å². The third kappa shape index (κ3) is 3.43. The van der Waals surface area contributed by atoms with Gasteiger partial charge in [-0.15, -0.1) is 0 Å². The minimum absolute atomic E-state index is 0.0914. The molecule has 2 fully saturated rings. The highest BCUT2D eigenvalue weighted by Crippen LogP contribution is 2.29. The van der Waals surface area contributed by atoms with Crippen molar-refractivity contribution in [2.24, 2.45) is 5.92 Å². The molecule has 0 atom stereocenters. The second kappa shape index (κ2) is 6.69. The molecule has 3 rings (SSSR count). The summed E-state index contributed by atoms with van der Waals surface area (Å²) in [5.74, 6) is 0.481. The number of carbonyl (C=O) groups excluding carboxylic acids is 2. The first-order valence-corrected chi connectivity index (χ1v) is 8.36. The second-order valence-corrected chi connectivity index (χ2v) is 6.65. The van der Waals surface area contributed by atoms with Crippen molar-refractivity contribution in [3.8, 4) is 0 Å². The highest BCUT2D eigenvalue weighted by atomic mass is 35.5. The van der Waals surface area contributed by atoms with Gasteiger partial charge in [-0.05, 0) is 43.9 Å². The van der Waals surface area contributed by atoms with Crippen LogP contribution in [0.5, 0.6) is 0 Å². The lowest BCUT2D eigenvalue weighted by atomic mass is 9.84. The van der Waals surface area contributed by atoms with E-state index in [4.69, 9.17) is 11.6 Å². The van der Waals surface area contributed by atoms with Crippen LogP contribution in [0.15, 0.2) is 24.3 Å². The van der Waals surface area contributed by atoms with Crippen molar-refractivity contribution in [1.82, 2.24) is 10.2 Å². The summed E-state index contributed by atoms with van der Waals surface area (Å²) < 4.78 is 0. The zero-order chi connectivity index (χ0) is 15.5. The molecule has 0 aromatic heterocycles. The van der Waals surface area contributed by atoms with Gasteiger partial charge in [0.15, 0.2) is 0 Å². The van der Waals surface area contributed by atoms with Crippen molar-refractivity contribution in [2.75, 3.05) is 13.1 Å². The fourth-order valence-corrected chi connectivity index (χ4v) is 3.25. The Bertz CT molecular complexity index is 564. The van der Waals surface area contributed by atoms with Crippen LogP contribution >= 0.6 is 11.6 Å². The van der Waals surface area contributed by atoms with Crippen LogP contribution in [0.2, 0.25) is 5.02 Å². The van der Waals surface area contributed by atoms with E-state index in [2.05, 4.69) is 5.32 Å². The fraction of sp³-hybridized carbons (Fsp3) is 0.529. The van der Waals surface area contributed by atoms with Gasteiger partial charge in [0.25, 0.3) is 5.91 Å². The van der Waals surface area contributed by atoms with Gasteiger partial charge in [-0.2, -0.15) is 0 Å². The average molecular weight is 321 g/mol. The molecule has 4 nitrogen and oxygen atoms in total. The van der Waals surface area contributed by atoms with Crippen molar-refractivity contribution < 1.29 is 9.59 Å². The van der Waals surface area contributed by atoms with Crippen molar-refractivity contribution in [2.45, 2.75) is 38.1 Å². The minimum atomic E-state index is -0.0914. The summed E-state index contributed by atoms with van der Waals surface area (Å²) in [5.41, 5.74) is 0.584. The van der Waals surface area contributed by atoms with E-state index < -0.39 is 0 Å². The molecule has 0 radical (unpaired) electrons. The smallest absolute Gasteiger partial charge is 0.251 e. The van der Waals surface area contributed by atoms with E-state index in [1.165, 1.54) is 6.42 Å². The molecule has 1 heterocycles. The summed E-state index contributed by atoms with van der Waals surface area (Å²) in [4.78, 5) is 26.4. The fourth-order valence-electron chi connectivity index (χ4n) is 3.06. The maximum atomic E-state index is 12.2. The van der Waals surface area contributed by atoms with Crippen LogP contribution in [0.4, 0.5) is 0 Å². The van der Waals surface area contributed by atoms with Gasteiger partial charge in [0.1, 0.15) is 0 Å². The van der Waals surface area contributed by atoms with Gasteiger partial charge in [-0.3, -0.25) is 9.59 Å². The number of rotatable bonds is 3. The van der Waals surface area contributed by atoms with Gasteiger partial charge < -0.3 is 10.2 Å². The van der Waals surface area contributed by atoms with Crippen LogP contribution < -0.4 is 5.32 Å². The van der Waals surface area contributed by atoms with Gasteiger partial charge in [0.2, 0.25) is 5.91 Å². The number of halogens is 1. The number of carbonyl (C=O) groups is 2. The quantitative estimate of drug-likeness (QED) is 0.931. The number of nitrogens with zero attached hydrogens (tertiary/aromatic N) is 1. The Balaban J connectivity index is 1.49. The summed E-state index contributed by atoms with van der Waals surface area (Å²) in [5, 5.41) is 3.61. The SMILES string of the molecule is O=C(NC1CCN(C(=O)C2CCC2)CC1)c1cccc(Cl)c1. The third-order valence-electron chi connectivity index (χ3n) is 4.68. The number of hydrogen-bond acceptors (Lipinski definition) is 2. The third-order valence-corrected chi connectivity index (χ3v) is 4.92. The Kier molecular flexibility index (Phi) is 4.67. The summed E-state index contributed by atoms with van der Waals surface area (Å²) in [6.45, 7) is 1.49. The normalized spacial score (nSPS) is 19.6. The molecule has 2 amide bonds. The maximum absolute atomic E-state index is 12.2. The Morgan fingerprint density at radius 1 is 1.14 bits per heavy atom. The first kappa shape index (κ1) is 15.3. The van der Waals surface area contributed by atoms with Gasteiger partial charge in [0.05, 0.1) is 0 Å². The molecule has 1 aliphatic heterocycles. The molecular formula is C17H21ClN2O2. The Morgan fingerprint density at radius 3 is 2.45 bits per heavy atom. The van der Waals surface area contributed by atoms with Crippen LogP contribution in [0.1, 0.15) is 42.5 Å². The summed E-state index contributed by atoms with van der Waals surface area (Å²) in [6.07, 6.45) is 4.92. The lowest BCUT2D eigenvalue weighted by Gasteiger charge is -2.36. The van der Waals surface area contributed by atoms with Crippen molar-refractivity contribution in [3.05, 3.63) is 34.9 Å². The van der Waals surface area contributed by atoms with Crippen LogP contribution in [-0.4, -0.2) is 35.8 Å². The average Bonchev–Trinajstić information content (AvgIpc) is 2.46. The number of nitrogens with one attached hydrogen (secondary N) is 1. The van der Waals surface area contributed by atoms with E-state index in [1.54, 1.807) is 24.3 Å². The minimum Gasteiger partial charge on any atom is -0.349 e. The maximum Gasteiger partial charge on any atom is 0.251 e. The molecule has 1 aromatic rings. The molecule has 1 aromatic carbocycles. The number of amides is 2. The molecule has 1 aliphatic carbocycles. The first-order valence-electron chi connectivity index (χ1n) is 7.99. The molecule has 0 bridgehead atoms. The second-order valence-electron chi connectivity index (χ2n) is 6.21. The van der Waals surface area contributed by atoms with Gasteiger partial charge in [-0.25, -0.2) is 0 Å². The van der Waals surface area contributed by atoms with Crippen molar-refractivity contribution in [3.63, 3.8) is 0 Å². The van der Waals surface area contributed by atoms with E-state index >= 15 is 0 Å². The molecule has 5 heteroatoms. The number of piperidine rings is 1. The number of benzene rings is 1. The van der Waals surface area contributed by atoms with E-state index in [0.29, 0.717) is 16.5 Å². The van der Waals surface area contributed by atoms with Crippen LogP contribution in [0, 0.1) is 5.92 Å². The molecule has 1 saturated heterocycles. The van der Waals surface area contributed by atoms with E-state index in [9.17, 15) is 9.59 Å². The zero-order valence-corrected chi connectivity index (χ0v) is 13.3. The number of hydrogen-bond donors (Lipinski definition) is 1. The highest BCUT2D eigenvalue weighted by Gasteiger charge is 2.31. The first-order chi connectivity index (χ1) is 10.6. The molecule has 0 spiro atoms. The van der Waals surface area contributed by atoms with Crippen LogP contribution in [-0.2, 0) is 4.79 Å². The summed E-state index contributed by atoms with van der Waals surface area (Å²) in [6, 6.07) is 7.10. The highest BCUT2D eigenvalue weighted by molar-refractivity contribution is 6.30. The standard InChI is InChI=1S/C17H21ClN2O2/c18-14-6-2-5-13(11-14)16(21)19-15-7-9-20(10-8-15)17(22)12-3-1-4-12/h2,5-6,11-12,15H,1,3-4,7-10H2,(H,19,21). The summed E-state index contributed by atoms with van der Waals surface area (Å²) in [7, 11) is 0. The van der Waals surface area contributed by atoms with E-state index in [0.717, 1.165) is 38.8 Å². The van der Waals surface area contributed by atoms with Crippen molar-refractivity contribution in [1.29, 1.82) is 0 Å². The Hall–Kier alpha value is -1.55. The monoisotopic (exact) mass is 320 g/mol. The van der Waals surface area contributed by atoms with E-state index in [-0.39, 0.29) is 17.9 Å². The molecule has 22 heavy (non-hydrogen) atoms. The lowest BCUT2D eigenvalue weighted by molar-refractivity contribution is -0.139. The van der Waals surface area contributed by atoms with E-state index in [1.807, 2.05) is 4.90 Å². The molecule has 2 aliphatic rings. The molecule has 1 N–H and O–H groups in total. The summed E-state index contributed by atoms with van der Waals surface area (Å²) >= 11 is 5.91. The van der Waals surface area contributed by atoms with Crippen LogP contribution in [0.25, 0.3) is 0 Å². The lowest BCUT2D eigenvalue weighted by Crippen LogP contribution is -2.48. The van der Waals surface area contributed by atoms with Gasteiger partial charge in [0, 0.05) is 35.6 Å². The Morgan fingerprint density at radius 2 is 1.86 bits per heavy atom. The predicted octanol–water partition coefficient (Wildman–Crippen LogP) is 2.86. The number of likely N-dealkylation sites (tertiary alicyclic amines) is 1. The Labute approximate surface area is 135 Å². The molecule has 0 unspecified atom stereocenters. The predicted molar refractivity (Wildman–Crippen MR) is 85.9 cm³/mol. The van der Waals surface area contributed by atoms with Crippen LogP contribution in [0.3, 0.4) is 0 Å². The van der Waals surface area contributed by atoms with Gasteiger partial charge >= 0.3 is 0 Å². The zero-order valence-electron chi connectivity index (χ0n) is 12.6. The largest absolute Gasteiger partial charge is 0.349 e. The molecular weight excluding hydrogens is 300 g/mol. The topological polar surface area (TPSA) is 49.4 Å². The molecule has 1 saturated carbocycles. The van der Waals surface area contributed by atoms with Gasteiger partial charge in [-0.1, -0.05) is 24.1 Å².